The van der Waals surface area contributed by atoms with Crippen molar-refractivity contribution in [1.29, 1.82) is 0 Å². The van der Waals surface area contributed by atoms with Gasteiger partial charge in [-0.2, -0.15) is 0 Å². The Labute approximate surface area is 66.4 Å². The molecule has 3 heteroatoms. The number of Topliss-reactive ketones (excluding diaryl/α,β-unsaturated/α-hetero) is 2. The van der Waals surface area contributed by atoms with Gasteiger partial charge in [0, 0.05) is 6.42 Å². The van der Waals surface area contributed by atoms with E-state index in [0.29, 0.717) is 0 Å². The minimum atomic E-state index is -1.15. The smallest absolute Gasteiger partial charge is 0.226 e. The van der Waals surface area contributed by atoms with Gasteiger partial charge in [-0.05, 0) is 12.8 Å². The van der Waals surface area contributed by atoms with Crippen molar-refractivity contribution in [3.63, 3.8) is 0 Å². The van der Waals surface area contributed by atoms with E-state index in [1.54, 1.807) is 0 Å². The van der Waals surface area contributed by atoms with E-state index in [-0.39, 0.29) is 12.3 Å². The third-order valence-corrected chi connectivity index (χ3v) is 1.25. The first-order valence-corrected chi connectivity index (χ1v) is 3.70. The fraction of sp³-hybridized carbons (Fsp3) is 0.750. The molecule has 0 heterocycles. The summed E-state index contributed by atoms with van der Waals surface area (Å²) in [6, 6.07) is 0. The summed E-state index contributed by atoms with van der Waals surface area (Å²) in [6.45, 7) is 5.01. The average molecular weight is 158 g/mol. The largest absolute Gasteiger partial charge is 0.385 e. The maximum atomic E-state index is 10.9. The lowest BCUT2D eigenvalue weighted by molar-refractivity contribution is -0.141. The summed E-state index contributed by atoms with van der Waals surface area (Å²) >= 11 is 0. The molecule has 1 N–H and O–H groups in total. The van der Waals surface area contributed by atoms with Crippen LogP contribution in [-0.2, 0) is 9.59 Å². The van der Waals surface area contributed by atoms with Gasteiger partial charge in [0.2, 0.25) is 11.6 Å². The van der Waals surface area contributed by atoms with Gasteiger partial charge < -0.3 is 5.11 Å². The van der Waals surface area contributed by atoms with Crippen LogP contribution in [0.4, 0.5) is 0 Å². The number of aliphatic hydroxyl groups excluding tert-OH is 1. The van der Waals surface area contributed by atoms with Gasteiger partial charge in [0.1, 0.15) is 6.10 Å². The number of rotatable bonds is 4. The number of carbonyl (C=O) groups excluding carboxylic acids is 2. The van der Waals surface area contributed by atoms with Gasteiger partial charge in [-0.25, -0.2) is 0 Å². The van der Waals surface area contributed by atoms with Gasteiger partial charge in [-0.1, -0.05) is 13.8 Å². The summed E-state index contributed by atoms with van der Waals surface area (Å²) in [5.41, 5.74) is 0. The van der Waals surface area contributed by atoms with Crippen LogP contribution in [0.1, 0.15) is 27.2 Å². The Kier molecular flexibility index (Phi) is 3.97. The van der Waals surface area contributed by atoms with E-state index in [0.717, 1.165) is 0 Å². The van der Waals surface area contributed by atoms with Crippen LogP contribution in [0.25, 0.3) is 0 Å². The van der Waals surface area contributed by atoms with E-state index >= 15 is 0 Å². The van der Waals surface area contributed by atoms with Crippen LogP contribution in [0.2, 0.25) is 0 Å². The molecule has 0 amide bonds. The minimum Gasteiger partial charge on any atom is -0.385 e. The van der Waals surface area contributed by atoms with Crippen molar-refractivity contribution < 1.29 is 14.7 Å². The average Bonchev–Trinajstić information content (AvgIpc) is 1.84. The van der Waals surface area contributed by atoms with Gasteiger partial charge >= 0.3 is 0 Å². The normalized spacial score (nSPS) is 13.2. The molecule has 0 aromatic carbocycles. The summed E-state index contributed by atoms with van der Waals surface area (Å²) < 4.78 is 0. The van der Waals surface area contributed by atoms with E-state index in [4.69, 9.17) is 5.11 Å². The molecule has 1 unspecified atom stereocenters. The van der Waals surface area contributed by atoms with Crippen LogP contribution in [0.5, 0.6) is 0 Å². The van der Waals surface area contributed by atoms with Crippen LogP contribution in [-0.4, -0.2) is 22.8 Å². The van der Waals surface area contributed by atoms with Crippen LogP contribution in [0.15, 0.2) is 0 Å². The maximum Gasteiger partial charge on any atom is 0.226 e. The predicted molar refractivity (Wildman–Crippen MR) is 41.1 cm³/mol. The van der Waals surface area contributed by atoms with Gasteiger partial charge in [-0.15, -0.1) is 0 Å². The fourth-order valence-corrected chi connectivity index (χ4v) is 0.704. The van der Waals surface area contributed by atoms with Gasteiger partial charge in [-0.3, -0.25) is 9.59 Å². The Morgan fingerprint density at radius 3 is 2.00 bits per heavy atom. The van der Waals surface area contributed by atoms with E-state index in [1.165, 1.54) is 6.92 Å². The third-order valence-electron chi connectivity index (χ3n) is 1.25. The van der Waals surface area contributed by atoms with Gasteiger partial charge in [0.15, 0.2) is 0 Å². The zero-order valence-electron chi connectivity index (χ0n) is 7.13. The molecule has 0 aromatic rings. The summed E-state index contributed by atoms with van der Waals surface area (Å²) in [7, 11) is 0. The molecule has 1 atom stereocenters. The Bertz CT molecular complexity index is 159. The van der Waals surface area contributed by atoms with Crippen molar-refractivity contribution in [2.45, 2.75) is 33.3 Å². The second-order valence-corrected chi connectivity index (χ2v) is 3.06. The Morgan fingerprint density at radius 2 is 1.73 bits per heavy atom. The Morgan fingerprint density at radius 1 is 1.27 bits per heavy atom. The highest BCUT2D eigenvalue weighted by Gasteiger charge is 2.19. The molecule has 64 valence electrons. The highest BCUT2D eigenvalue weighted by atomic mass is 16.3. The molecule has 0 radical (unpaired) electrons. The van der Waals surface area contributed by atoms with E-state index in [9.17, 15) is 9.59 Å². The molecule has 3 nitrogen and oxygen atoms in total. The second kappa shape index (κ2) is 4.23. The quantitative estimate of drug-likeness (QED) is 0.608. The maximum absolute atomic E-state index is 10.9. The highest BCUT2D eigenvalue weighted by Crippen LogP contribution is 2.01. The van der Waals surface area contributed by atoms with Crippen LogP contribution >= 0.6 is 0 Å². The Hall–Kier alpha value is -0.700. The molecule has 0 bridgehead atoms. The third kappa shape index (κ3) is 3.88. The molecular formula is C8H14O3. The predicted octanol–water partition coefficient (Wildman–Crippen LogP) is 0.551. The number of aliphatic hydroxyl groups is 1. The van der Waals surface area contributed by atoms with Crippen molar-refractivity contribution in [2.24, 2.45) is 5.92 Å². The molecule has 0 aliphatic carbocycles. The Balaban J connectivity index is 3.94. The van der Waals surface area contributed by atoms with E-state index in [2.05, 4.69) is 0 Å². The van der Waals surface area contributed by atoms with Crippen LogP contribution in [0, 0.1) is 5.92 Å². The monoisotopic (exact) mass is 158 g/mol. The molecule has 0 saturated carbocycles. The number of ketones is 2. The summed E-state index contributed by atoms with van der Waals surface area (Å²) in [5.74, 6) is -0.987. The molecule has 0 aromatic heterocycles. The van der Waals surface area contributed by atoms with E-state index in [1.807, 2.05) is 13.8 Å². The first kappa shape index (κ1) is 10.3. The molecule has 11 heavy (non-hydrogen) atoms. The molecule has 0 saturated heterocycles. The standard InChI is InChI=1S/C8H14O3/c1-5(2)4-7(10)8(11)6(3)9/h5-6,9H,4H2,1-3H3. The van der Waals surface area contributed by atoms with Crippen LogP contribution in [0.3, 0.4) is 0 Å². The topological polar surface area (TPSA) is 54.4 Å². The first-order chi connectivity index (χ1) is 4.95. The van der Waals surface area contributed by atoms with Crippen molar-refractivity contribution in [3.05, 3.63) is 0 Å². The second-order valence-electron chi connectivity index (χ2n) is 3.06. The first-order valence-electron chi connectivity index (χ1n) is 3.70. The fourth-order valence-electron chi connectivity index (χ4n) is 0.704. The highest BCUT2D eigenvalue weighted by molar-refractivity contribution is 6.38. The van der Waals surface area contributed by atoms with Crippen molar-refractivity contribution in [2.75, 3.05) is 0 Å². The number of hydrogen-bond donors (Lipinski definition) is 1. The molecule has 0 rings (SSSR count). The molecule has 0 aliphatic heterocycles. The molecule has 0 spiro atoms. The van der Waals surface area contributed by atoms with E-state index < -0.39 is 17.7 Å². The summed E-state index contributed by atoms with van der Waals surface area (Å²) in [4.78, 5) is 21.7. The van der Waals surface area contributed by atoms with Gasteiger partial charge in [0.05, 0.1) is 0 Å². The summed E-state index contributed by atoms with van der Waals surface area (Å²) in [5, 5.41) is 8.73. The minimum absolute atomic E-state index is 0.171. The van der Waals surface area contributed by atoms with Gasteiger partial charge in [0.25, 0.3) is 0 Å². The molecule has 0 aliphatic rings. The van der Waals surface area contributed by atoms with Crippen molar-refractivity contribution in [1.82, 2.24) is 0 Å². The zero-order chi connectivity index (χ0) is 9.02. The molecule has 0 fully saturated rings. The number of carbonyl (C=O) groups is 2. The lowest BCUT2D eigenvalue weighted by atomic mass is 10.0. The SMILES string of the molecule is CC(C)CC(=O)C(=O)C(C)O. The number of hydrogen-bond acceptors (Lipinski definition) is 3. The van der Waals surface area contributed by atoms with Crippen LogP contribution < -0.4 is 0 Å². The lowest BCUT2D eigenvalue weighted by Crippen LogP contribution is -2.26. The van der Waals surface area contributed by atoms with Crippen molar-refractivity contribution >= 4 is 11.6 Å². The molecular weight excluding hydrogens is 144 g/mol. The zero-order valence-corrected chi connectivity index (χ0v) is 7.13. The van der Waals surface area contributed by atoms with Crippen molar-refractivity contribution in [3.8, 4) is 0 Å². The summed E-state index contributed by atoms with van der Waals surface area (Å²) in [6.07, 6.45) is -0.926. The lowest BCUT2D eigenvalue weighted by Gasteiger charge is -2.03.